The van der Waals surface area contributed by atoms with Gasteiger partial charge in [-0.2, -0.15) is 0 Å². The van der Waals surface area contributed by atoms with Crippen LogP contribution in [-0.4, -0.2) is 4.57 Å². The fourth-order valence-electron chi connectivity index (χ4n) is 6.29. The first-order valence-corrected chi connectivity index (χ1v) is 16.0. The Kier molecular flexibility index (Phi) is 4.79. The van der Waals surface area contributed by atoms with Crippen LogP contribution >= 0.6 is 0 Å². The zero-order valence-corrected chi connectivity index (χ0v) is 26.5. The van der Waals surface area contributed by atoms with Crippen molar-refractivity contribution in [3.05, 3.63) is 206 Å². The molecule has 0 amide bonds. The molecule has 0 aliphatic heterocycles. The number of hydrogen-bond donors (Lipinski definition) is 0. The first-order chi connectivity index (χ1) is 30.2. The summed E-state index contributed by atoms with van der Waals surface area (Å²) in [6.45, 7) is 0. The Morgan fingerprint density at radius 3 is 1.78 bits per heavy atom. The molecule has 50 heavy (non-hydrogen) atoms. The maximum Gasteiger partial charge on any atom is 0.0651 e. The molecule has 0 radical (unpaired) electrons. The molecule has 0 atom stereocenters. The summed E-state index contributed by atoms with van der Waals surface area (Å²) in [5, 5.41) is 1.72. The van der Waals surface area contributed by atoms with Crippen molar-refractivity contribution < 1.29 is 17.8 Å². The first-order valence-electron chi connectivity index (χ1n) is 22.5. The Hall–Kier alpha value is -6.64. The lowest BCUT2D eigenvalue weighted by Gasteiger charge is -2.26. The third-order valence-electron chi connectivity index (χ3n) is 8.63. The molecule has 0 aliphatic rings. The molecular formula is C48H34N2. The second-order valence-corrected chi connectivity index (χ2v) is 11.6. The summed E-state index contributed by atoms with van der Waals surface area (Å²) < 4.78 is 119. The zero-order chi connectivity index (χ0) is 44.6. The molecule has 1 heterocycles. The minimum absolute atomic E-state index is 0.00125. The predicted molar refractivity (Wildman–Crippen MR) is 212 cm³/mol. The standard InChI is InChI=1S/C48H34N2/c1-4-13-35(14-5-1)37-23-28-42(29-24-37)49(43-30-25-38(26-31-43)36-15-6-2-7-16-36)44-20-12-17-39(33-44)40-27-32-48-46(34-40)45-21-10-11-22-47(45)50(48)41-18-8-3-9-19-41/h1-34H/i1D,4D,5D,12D,13D,14D,17D,20D,23D,24D,28D,29D,33D. The molecule has 0 fully saturated rings. The van der Waals surface area contributed by atoms with E-state index in [0.29, 0.717) is 5.56 Å². The van der Waals surface area contributed by atoms with Crippen LogP contribution in [0.3, 0.4) is 0 Å². The van der Waals surface area contributed by atoms with Gasteiger partial charge in [0, 0.05) is 33.5 Å². The van der Waals surface area contributed by atoms with Gasteiger partial charge in [0.1, 0.15) is 0 Å². The highest BCUT2D eigenvalue weighted by molar-refractivity contribution is 6.10. The number of aromatic nitrogens is 1. The summed E-state index contributed by atoms with van der Waals surface area (Å²) in [7, 11) is 0. The molecule has 0 bridgehead atoms. The molecular weight excluding hydrogens is 605 g/mol. The molecule has 0 saturated carbocycles. The van der Waals surface area contributed by atoms with Gasteiger partial charge in [0.15, 0.2) is 0 Å². The molecule has 0 spiro atoms. The number of fused-ring (bicyclic) bond motifs is 3. The lowest BCUT2D eigenvalue weighted by Crippen LogP contribution is -2.10. The van der Waals surface area contributed by atoms with Gasteiger partial charge < -0.3 is 9.47 Å². The topological polar surface area (TPSA) is 8.17 Å². The quantitative estimate of drug-likeness (QED) is 0.166. The van der Waals surface area contributed by atoms with Crippen LogP contribution in [0.1, 0.15) is 17.8 Å². The maximum atomic E-state index is 9.83. The Bertz CT molecular complexity index is 3260. The molecule has 9 aromatic rings. The van der Waals surface area contributed by atoms with Crippen LogP contribution in [0.2, 0.25) is 0 Å². The van der Waals surface area contributed by atoms with Crippen LogP contribution in [0.5, 0.6) is 0 Å². The van der Waals surface area contributed by atoms with Crippen LogP contribution in [0.25, 0.3) is 60.9 Å². The highest BCUT2D eigenvalue weighted by Gasteiger charge is 2.16. The van der Waals surface area contributed by atoms with Gasteiger partial charge in [-0.3, -0.25) is 0 Å². The van der Waals surface area contributed by atoms with Crippen LogP contribution in [-0.2, 0) is 0 Å². The highest BCUT2D eigenvalue weighted by Crippen LogP contribution is 2.40. The van der Waals surface area contributed by atoms with Crippen molar-refractivity contribution in [2.24, 2.45) is 0 Å². The predicted octanol–water partition coefficient (Wildman–Crippen LogP) is 13.3. The van der Waals surface area contributed by atoms with Gasteiger partial charge in [-0.15, -0.1) is 0 Å². The van der Waals surface area contributed by atoms with Crippen molar-refractivity contribution in [2.45, 2.75) is 0 Å². The number of para-hydroxylation sites is 2. The number of nitrogens with zero attached hydrogens (tertiary/aromatic N) is 2. The summed E-state index contributed by atoms with van der Waals surface area (Å²) in [5.41, 5.74) is 3.26. The molecule has 0 unspecified atom stereocenters. The van der Waals surface area contributed by atoms with Crippen LogP contribution in [0, 0.1) is 0 Å². The van der Waals surface area contributed by atoms with E-state index < -0.39 is 89.3 Å². The molecule has 0 aliphatic carbocycles. The molecule has 0 N–H and O–H groups in total. The van der Waals surface area contributed by atoms with Gasteiger partial charge in [0.25, 0.3) is 0 Å². The Labute approximate surface area is 311 Å². The second-order valence-electron chi connectivity index (χ2n) is 11.6. The summed E-state index contributed by atoms with van der Waals surface area (Å²) in [5.74, 6) is 0. The Balaban J connectivity index is 1.32. The summed E-state index contributed by atoms with van der Waals surface area (Å²) in [4.78, 5) is 1.21. The van der Waals surface area contributed by atoms with E-state index in [0.717, 1.165) is 38.6 Å². The van der Waals surface area contributed by atoms with Crippen molar-refractivity contribution in [3.8, 4) is 39.1 Å². The van der Waals surface area contributed by atoms with Gasteiger partial charge in [0.05, 0.1) is 28.9 Å². The lowest BCUT2D eigenvalue weighted by atomic mass is 10.0. The van der Waals surface area contributed by atoms with Gasteiger partial charge in [-0.05, 0) is 100 Å². The van der Waals surface area contributed by atoms with E-state index in [-0.39, 0.29) is 23.0 Å². The maximum absolute atomic E-state index is 9.83. The van der Waals surface area contributed by atoms with Crippen LogP contribution in [0.4, 0.5) is 17.1 Å². The molecule has 1 aromatic heterocycles. The van der Waals surface area contributed by atoms with E-state index in [1.807, 2.05) is 97.1 Å². The van der Waals surface area contributed by atoms with E-state index >= 15 is 0 Å². The van der Waals surface area contributed by atoms with Crippen molar-refractivity contribution in [1.82, 2.24) is 4.57 Å². The summed E-state index contributed by atoms with van der Waals surface area (Å²) >= 11 is 0. The normalized spacial score (nSPS) is 14.8. The lowest BCUT2D eigenvalue weighted by molar-refractivity contribution is 1.18. The van der Waals surface area contributed by atoms with Crippen molar-refractivity contribution >= 4 is 38.9 Å². The molecule has 8 aromatic carbocycles. The van der Waals surface area contributed by atoms with E-state index in [2.05, 4.69) is 4.57 Å². The largest absolute Gasteiger partial charge is 0.310 e. The molecule has 0 saturated heterocycles. The van der Waals surface area contributed by atoms with E-state index in [1.54, 1.807) is 30.3 Å². The monoisotopic (exact) mass is 651 g/mol. The Morgan fingerprint density at radius 1 is 0.380 bits per heavy atom. The second kappa shape index (κ2) is 12.8. The van der Waals surface area contributed by atoms with Crippen molar-refractivity contribution in [2.75, 3.05) is 4.90 Å². The highest BCUT2D eigenvalue weighted by atomic mass is 15.1. The number of rotatable bonds is 7. The number of anilines is 3. The van der Waals surface area contributed by atoms with Crippen LogP contribution in [0.15, 0.2) is 206 Å². The first kappa shape index (κ1) is 18.8. The minimum atomic E-state index is -0.725. The average molecular weight is 652 g/mol. The Morgan fingerprint density at radius 2 is 1.00 bits per heavy atom. The number of hydrogen-bond acceptors (Lipinski definition) is 1. The molecule has 236 valence electrons. The van der Waals surface area contributed by atoms with Gasteiger partial charge in [0.2, 0.25) is 0 Å². The van der Waals surface area contributed by atoms with Gasteiger partial charge in [-0.1, -0.05) is 139 Å². The fourth-order valence-corrected chi connectivity index (χ4v) is 6.29. The van der Waals surface area contributed by atoms with Gasteiger partial charge in [-0.25, -0.2) is 0 Å². The van der Waals surface area contributed by atoms with Gasteiger partial charge >= 0.3 is 0 Å². The summed E-state index contributed by atoms with van der Waals surface area (Å²) in [6, 6.07) is 31.2. The SMILES string of the molecule is [2H]c1c([2H])c([2H])c(-c2c([2H])c([2H])c(N(c3ccc(-c4ccccc4)cc3)c3c([2H])c([2H])c([2H])c(-c4ccc5c(c4)c4ccccc4n5-c4ccccc4)c3[2H])c([2H])c2[2H])c([2H])c1[2H]. The molecule has 2 heteroatoms. The van der Waals surface area contributed by atoms with E-state index in [1.165, 1.54) is 4.90 Å². The molecule has 9 rings (SSSR count). The smallest absolute Gasteiger partial charge is 0.0651 e. The zero-order valence-electron chi connectivity index (χ0n) is 39.5. The van der Waals surface area contributed by atoms with E-state index in [9.17, 15) is 9.60 Å². The number of benzene rings is 8. The minimum Gasteiger partial charge on any atom is -0.310 e. The van der Waals surface area contributed by atoms with Crippen molar-refractivity contribution in [3.63, 3.8) is 0 Å². The van der Waals surface area contributed by atoms with E-state index in [4.69, 9.17) is 8.22 Å². The molecule has 2 nitrogen and oxygen atoms in total. The third-order valence-corrected chi connectivity index (χ3v) is 8.63. The van der Waals surface area contributed by atoms with Crippen molar-refractivity contribution in [1.29, 1.82) is 0 Å². The summed E-state index contributed by atoms with van der Waals surface area (Å²) in [6.07, 6.45) is 0. The van der Waals surface area contributed by atoms with Crippen LogP contribution < -0.4 is 4.90 Å². The fraction of sp³-hybridized carbons (Fsp3) is 0. The average Bonchev–Trinajstić information content (AvgIpc) is 3.64. The third kappa shape index (κ3) is 5.43.